The van der Waals surface area contributed by atoms with Gasteiger partial charge in [0.1, 0.15) is 0 Å². The molecule has 2 rings (SSSR count). The van der Waals surface area contributed by atoms with E-state index in [2.05, 4.69) is 15.9 Å². The molecule has 0 saturated carbocycles. The number of carbonyl (C=O) groups excluding carboxylic acids is 2. The quantitative estimate of drug-likeness (QED) is 0.865. The zero-order chi connectivity index (χ0) is 14.2. The second kappa shape index (κ2) is 5.06. The van der Waals surface area contributed by atoms with Crippen molar-refractivity contribution in [1.29, 1.82) is 0 Å². The van der Waals surface area contributed by atoms with E-state index in [9.17, 15) is 14.7 Å². The maximum Gasteiger partial charge on any atom is 0.262 e. The van der Waals surface area contributed by atoms with Crippen molar-refractivity contribution in [3.63, 3.8) is 0 Å². The van der Waals surface area contributed by atoms with E-state index >= 15 is 0 Å². The van der Waals surface area contributed by atoms with Gasteiger partial charge in [-0.3, -0.25) is 14.5 Å². The monoisotopic (exact) mass is 325 g/mol. The zero-order valence-electron chi connectivity index (χ0n) is 10.9. The van der Waals surface area contributed by atoms with Crippen LogP contribution >= 0.6 is 15.9 Å². The van der Waals surface area contributed by atoms with Crippen molar-refractivity contribution < 1.29 is 14.7 Å². The van der Waals surface area contributed by atoms with Crippen molar-refractivity contribution in [2.45, 2.75) is 32.2 Å². The maximum absolute atomic E-state index is 12.5. The van der Waals surface area contributed by atoms with E-state index in [1.54, 1.807) is 18.2 Å². The predicted molar refractivity (Wildman–Crippen MR) is 75.0 cm³/mol. The first kappa shape index (κ1) is 14.2. The largest absolute Gasteiger partial charge is 0.394 e. The summed E-state index contributed by atoms with van der Waals surface area (Å²) in [6.07, 6.45) is 1.07. The molecule has 0 aromatic heterocycles. The minimum atomic E-state index is -0.806. The Morgan fingerprint density at radius 2 is 1.74 bits per heavy atom. The van der Waals surface area contributed by atoms with Crippen LogP contribution in [0.1, 0.15) is 47.4 Å². The van der Waals surface area contributed by atoms with E-state index in [-0.39, 0.29) is 18.4 Å². The molecule has 1 heterocycles. The molecule has 0 radical (unpaired) electrons. The Hall–Kier alpha value is -1.20. The number of carbonyl (C=O) groups is 2. The molecule has 4 nitrogen and oxygen atoms in total. The number of hydrogen-bond donors (Lipinski definition) is 1. The minimum absolute atomic E-state index is 0.216. The summed E-state index contributed by atoms with van der Waals surface area (Å²) in [4.78, 5) is 26.1. The molecule has 0 atom stereocenters. The Bertz CT molecular complexity index is 529. The van der Waals surface area contributed by atoms with Gasteiger partial charge in [-0.2, -0.15) is 0 Å². The zero-order valence-corrected chi connectivity index (χ0v) is 12.5. The number of aliphatic hydroxyl groups is 1. The second-order valence-electron chi connectivity index (χ2n) is 4.73. The molecule has 102 valence electrons. The molecule has 0 fully saturated rings. The molecular weight excluding hydrogens is 310 g/mol. The van der Waals surface area contributed by atoms with E-state index < -0.39 is 5.54 Å². The Morgan fingerprint density at radius 1 is 1.16 bits per heavy atom. The van der Waals surface area contributed by atoms with Crippen LogP contribution in [0.2, 0.25) is 0 Å². The number of fused-ring (bicyclic) bond motifs is 1. The van der Waals surface area contributed by atoms with Gasteiger partial charge in [0.15, 0.2) is 0 Å². The third kappa shape index (κ3) is 2.01. The first-order valence-corrected chi connectivity index (χ1v) is 7.09. The summed E-state index contributed by atoms with van der Waals surface area (Å²) in [5.41, 5.74) is 0.00617. The van der Waals surface area contributed by atoms with Gasteiger partial charge in [-0.1, -0.05) is 29.8 Å². The molecule has 1 aliphatic heterocycles. The number of benzene rings is 1. The molecule has 1 aliphatic rings. The van der Waals surface area contributed by atoms with Gasteiger partial charge in [-0.05, 0) is 31.0 Å². The standard InChI is InChI=1S/C14H16BrNO3/c1-3-14(4-2,8-17)16-12(18)10-6-5-9(15)7-11(10)13(16)19/h5-7,17H,3-4,8H2,1-2H3. The minimum Gasteiger partial charge on any atom is -0.394 e. The lowest BCUT2D eigenvalue weighted by Crippen LogP contribution is -2.53. The van der Waals surface area contributed by atoms with Crippen LogP contribution < -0.4 is 0 Å². The third-order valence-electron chi connectivity index (χ3n) is 3.93. The highest BCUT2D eigenvalue weighted by Crippen LogP contribution is 2.34. The molecule has 1 aromatic rings. The van der Waals surface area contributed by atoms with E-state index in [1.165, 1.54) is 4.90 Å². The molecule has 19 heavy (non-hydrogen) atoms. The van der Waals surface area contributed by atoms with Crippen LogP contribution in [0, 0.1) is 0 Å². The Labute approximate surface area is 120 Å². The lowest BCUT2D eigenvalue weighted by atomic mass is 9.91. The van der Waals surface area contributed by atoms with Crippen molar-refractivity contribution in [2.24, 2.45) is 0 Å². The molecule has 0 spiro atoms. The van der Waals surface area contributed by atoms with Gasteiger partial charge in [0, 0.05) is 4.47 Å². The Balaban J connectivity index is 2.53. The van der Waals surface area contributed by atoms with Crippen LogP contribution in [0.15, 0.2) is 22.7 Å². The predicted octanol–water partition coefficient (Wildman–Crippen LogP) is 2.60. The SMILES string of the molecule is CCC(CC)(CO)N1C(=O)c2ccc(Br)cc2C1=O. The van der Waals surface area contributed by atoms with Gasteiger partial charge in [0.05, 0.1) is 23.3 Å². The number of aliphatic hydroxyl groups excluding tert-OH is 1. The lowest BCUT2D eigenvalue weighted by Gasteiger charge is -2.37. The number of imide groups is 1. The Morgan fingerprint density at radius 3 is 2.26 bits per heavy atom. The molecule has 0 unspecified atom stereocenters. The number of nitrogens with zero attached hydrogens (tertiary/aromatic N) is 1. The molecule has 0 saturated heterocycles. The summed E-state index contributed by atoms with van der Waals surface area (Å²) in [5, 5.41) is 9.65. The van der Waals surface area contributed by atoms with Gasteiger partial charge in [0.2, 0.25) is 0 Å². The molecule has 0 aliphatic carbocycles. The summed E-state index contributed by atoms with van der Waals surface area (Å²) in [6.45, 7) is 3.53. The van der Waals surface area contributed by atoms with Crippen LogP contribution in [-0.4, -0.2) is 34.0 Å². The van der Waals surface area contributed by atoms with E-state index in [4.69, 9.17) is 0 Å². The molecular formula is C14H16BrNO3. The fourth-order valence-corrected chi connectivity index (χ4v) is 2.87. The normalized spacial score (nSPS) is 15.1. The number of rotatable bonds is 4. The van der Waals surface area contributed by atoms with Crippen LogP contribution in [0.25, 0.3) is 0 Å². The van der Waals surface area contributed by atoms with Crippen molar-refractivity contribution >= 4 is 27.7 Å². The first-order chi connectivity index (χ1) is 9.00. The molecule has 2 amide bonds. The van der Waals surface area contributed by atoms with Crippen molar-refractivity contribution in [1.82, 2.24) is 4.90 Å². The average Bonchev–Trinajstić information content (AvgIpc) is 2.66. The molecule has 0 bridgehead atoms. The van der Waals surface area contributed by atoms with E-state index in [0.29, 0.717) is 24.0 Å². The fraction of sp³-hybridized carbons (Fsp3) is 0.429. The van der Waals surface area contributed by atoms with Gasteiger partial charge in [0.25, 0.3) is 11.8 Å². The van der Waals surface area contributed by atoms with Crippen molar-refractivity contribution in [2.75, 3.05) is 6.61 Å². The number of hydrogen-bond acceptors (Lipinski definition) is 3. The van der Waals surface area contributed by atoms with Crippen LogP contribution in [0.3, 0.4) is 0 Å². The van der Waals surface area contributed by atoms with Gasteiger partial charge < -0.3 is 5.11 Å². The summed E-state index contributed by atoms with van der Waals surface area (Å²) in [5.74, 6) is -0.635. The van der Waals surface area contributed by atoms with Gasteiger partial charge in [-0.15, -0.1) is 0 Å². The van der Waals surface area contributed by atoms with E-state index in [0.717, 1.165) is 4.47 Å². The summed E-state index contributed by atoms with van der Waals surface area (Å²) in [7, 11) is 0. The summed E-state index contributed by atoms with van der Waals surface area (Å²) in [6, 6.07) is 5.04. The summed E-state index contributed by atoms with van der Waals surface area (Å²) < 4.78 is 0.761. The van der Waals surface area contributed by atoms with Crippen LogP contribution in [-0.2, 0) is 0 Å². The second-order valence-corrected chi connectivity index (χ2v) is 5.64. The molecule has 1 N–H and O–H groups in total. The first-order valence-electron chi connectivity index (χ1n) is 6.30. The van der Waals surface area contributed by atoms with Crippen LogP contribution in [0.5, 0.6) is 0 Å². The number of halogens is 1. The highest BCUT2D eigenvalue weighted by Gasteiger charge is 2.46. The fourth-order valence-electron chi connectivity index (χ4n) is 2.50. The molecule has 1 aromatic carbocycles. The lowest BCUT2D eigenvalue weighted by molar-refractivity contribution is 0.0220. The highest BCUT2D eigenvalue weighted by atomic mass is 79.9. The average molecular weight is 326 g/mol. The third-order valence-corrected chi connectivity index (χ3v) is 4.43. The highest BCUT2D eigenvalue weighted by molar-refractivity contribution is 9.10. The molecule has 5 heteroatoms. The number of amides is 2. The topological polar surface area (TPSA) is 57.6 Å². The summed E-state index contributed by atoms with van der Waals surface area (Å²) >= 11 is 3.30. The van der Waals surface area contributed by atoms with Crippen molar-refractivity contribution in [3.8, 4) is 0 Å². The van der Waals surface area contributed by atoms with E-state index in [1.807, 2.05) is 13.8 Å². The van der Waals surface area contributed by atoms with Crippen LogP contribution in [0.4, 0.5) is 0 Å². The van der Waals surface area contributed by atoms with Gasteiger partial charge >= 0.3 is 0 Å². The smallest absolute Gasteiger partial charge is 0.262 e. The van der Waals surface area contributed by atoms with Gasteiger partial charge in [-0.25, -0.2) is 0 Å². The maximum atomic E-state index is 12.5. The Kier molecular flexibility index (Phi) is 3.78. The van der Waals surface area contributed by atoms with Crippen molar-refractivity contribution in [3.05, 3.63) is 33.8 Å².